The fourth-order valence-corrected chi connectivity index (χ4v) is 2.19. The summed E-state index contributed by atoms with van der Waals surface area (Å²) in [7, 11) is 1.90. The summed E-state index contributed by atoms with van der Waals surface area (Å²) in [6, 6.07) is 4.00. The van der Waals surface area contributed by atoms with E-state index in [1.807, 2.05) is 38.5 Å². The molecule has 0 saturated carbocycles. The van der Waals surface area contributed by atoms with Crippen LogP contribution in [-0.2, 0) is 7.05 Å². The molecule has 0 aliphatic carbocycles. The van der Waals surface area contributed by atoms with Crippen LogP contribution in [0.15, 0.2) is 40.6 Å². The van der Waals surface area contributed by atoms with E-state index in [0.29, 0.717) is 0 Å². The quantitative estimate of drug-likeness (QED) is 0.882. The van der Waals surface area contributed by atoms with E-state index in [-0.39, 0.29) is 6.04 Å². The molecule has 0 spiro atoms. The van der Waals surface area contributed by atoms with E-state index in [9.17, 15) is 0 Å². The summed E-state index contributed by atoms with van der Waals surface area (Å²) in [5, 5.41) is 5.06. The summed E-state index contributed by atoms with van der Waals surface area (Å²) in [6.45, 7) is 1.97. The van der Waals surface area contributed by atoms with Gasteiger partial charge in [-0.2, -0.15) is 5.10 Å². The molecule has 2 N–H and O–H groups in total. The molecule has 16 heavy (non-hydrogen) atoms. The maximum Gasteiger partial charge on any atom is 0.101 e. The summed E-state index contributed by atoms with van der Waals surface area (Å²) in [4.78, 5) is 5.38. The average Bonchev–Trinajstić information content (AvgIpc) is 2.64. The van der Waals surface area contributed by atoms with E-state index in [1.165, 1.54) is 0 Å². The van der Waals surface area contributed by atoms with Gasteiger partial charge in [-0.25, -0.2) is 4.98 Å². The number of nitrogens with zero attached hydrogens (tertiary/aromatic N) is 3. The topological polar surface area (TPSA) is 56.7 Å². The van der Waals surface area contributed by atoms with Gasteiger partial charge < -0.3 is 5.73 Å². The first kappa shape index (κ1) is 11.2. The second-order valence-electron chi connectivity index (χ2n) is 3.67. The Balaban J connectivity index is 2.18. The molecule has 5 heteroatoms. The Labute approximate surface area is 98.9 Å². The Bertz CT molecular complexity index is 478. The lowest BCUT2D eigenvalue weighted by Gasteiger charge is -2.06. The van der Waals surface area contributed by atoms with Crippen LogP contribution < -0.4 is 5.73 Å². The fourth-order valence-electron chi connectivity index (χ4n) is 1.34. The minimum Gasteiger partial charge on any atom is -0.324 e. The number of hydrogen-bond donors (Lipinski definition) is 1. The molecular formula is C11H14N4S. The Morgan fingerprint density at radius 1 is 1.50 bits per heavy atom. The fraction of sp³-hybridized carbons (Fsp3) is 0.273. The van der Waals surface area contributed by atoms with Gasteiger partial charge in [-0.05, 0) is 24.6 Å². The first-order chi connectivity index (χ1) is 7.65. The Morgan fingerprint density at radius 2 is 2.31 bits per heavy atom. The van der Waals surface area contributed by atoms with Crippen molar-refractivity contribution in [2.75, 3.05) is 0 Å². The zero-order valence-electron chi connectivity index (χ0n) is 9.29. The van der Waals surface area contributed by atoms with Crippen LogP contribution in [0.4, 0.5) is 0 Å². The molecule has 84 valence electrons. The van der Waals surface area contributed by atoms with Crippen molar-refractivity contribution in [2.45, 2.75) is 22.9 Å². The summed E-state index contributed by atoms with van der Waals surface area (Å²) in [5.74, 6) is 0. The minimum absolute atomic E-state index is 0.0382. The number of rotatable bonds is 3. The molecule has 0 aromatic carbocycles. The van der Waals surface area contributed by atoms with Gasteiger partial charge in [-0.15, -0.1) is 0 Å². The van der Waals surface area contributed by atoms with E-state index in [4.69, 9.17) is 5.73 Å². The lowest BCUT2D eigenvalue weighted by Crippen LogP contribution is -2.04. The van der Waals surface area contributed by atoms with E-state index in [1.54, 1.807) is 22.6 Å². The molecule has 0 saturated heterocycles. The van der Waals surface area contributed by atoms with Gasteiger partial charge >= 0.3 is 0 Å². The van der Waals surface area contributed by atoms with Crippen molar-refractivity contribution in [3.8, 4) is 0 Å². The Kier molecular flexibility index (Phi) is 3.26. The summed E-state index contributed by atoms with van der Waals surface area (Å²) in [6.07, 6.45) is 5.58. The van der Waals surface area contributed by atoms with Gasteiger partial charge in [-0.1, -0.05) is 11.8 Å². The third-order valence-corrected chi connectivity index (χ3v) is 3.07. The van der Waals surface area contributed by atoms with Gasteiger partial charge in [0.1, 0.15) is 5.03 Å². The van der Waals surface area contributed by atoms with Gasteiger partial charge in [0.15, 0.2) is 0 Å². The van der Waals surface area contributed by atoms with Crippen molar-refractivity contribution in [1.29, 1.82) is 0 Å². The number of aryl methyl sites for hydroxylation is 1. The molecule has 0 fully saturated rings. The molecule has 2 aromatic heterocycles. The highest BCUT2D eigenvalue weighted by Gasteiger charge is 2.04. The molecule has 0 bridgehead atoms. The number of hydrogen-bond acceptors (Lipinski definition) is 4. The molecule has 4 nitrogen and oxygen atoms in total. The maximum absolute atomic E-state index is 5.83. The highest BCUT2D eigenvalue weighted by atomic mass is 32.2. The normalized spacial score (nSPS) is 12.7. The highest BCUT2D eigenvalue weighted by molar-refractivity contribution is 7.99. The predicted octanol–water partition coefficient (Wildman–Crippen LogP) is 1.99. The third-order valence-electron chi connectivity index (χ3n) is 2.19. The molecule has 1 atom stereocenters. The number of nitrogens with two attached hydrogens (primary N) is 1. The standard InChI is InChI=1S/C11H14N4S/c1-8(12)9-3-4-13-11(5-9)16-10-6-14-15(2)7-10/h3-8H,12H2,1-2H3/t8-/m1/s1. The second kappa shape index (κ2) is 4.67. The van der Waals surface area contributed by atoms with Crippen molar-refractivity contribution in [3.05, 3.63) is 36.3 Å². The van der Waals surface area contributed by atoms with Crippen molar-refractivity contribution < 1.29 is 0 Å². The third kappa shape index (κ3) is 2.62. The summed E-state index contributed by atoms with van der Waals surface area (Å²) < 4.78 is 1.78. The molecule has 0 aliphatic heterocycles. The highest BCUT2D eigenvalue weighted by Crippen LogP contribution is 2.26. The molecule has 2 aromatic rings. The lowest BCUT2D eigenvalue weighted by atomic mass is 10.1. The lowest BCUT2D eigenvalue weighted by molar-refractivity contribution is 0.766. The molecule has 0 radical (unpaired) electrons. The first-order valence-corrected chi connectivity index (χ1v) is 5.85. The zero-order valence-corrected chi connectivity index (χ0v) is 10.1. The largest absolute Gasteiger partial charge is 0.324 e. The summed E-state index contributed by atoms with van der Waals surface area (Å²) in [5.41, 5.74) is 6.93. The zero-order chi connectivity index (χ0) is 11.5. The van der Waals surface area contributed by atoms with Gasteiger partial charge in [0.25, 0.3) is 0 Å². The second-order valence-corrected chi connectivity index (χ2v) is 4.76. The van der Waals surface area contributed by atoms with Gasteiger partial charge in [0.05, 0.1) is 11.1 Å². The SMILES string of the molecule is C[C@@H](N)c1ccnc(Sc2cnn(C)c2)c1. The monoisotopic (exact) mass is 234 g/mol. The number of pyridine rings is 1. The number of aromatic nitrogens is 3. The molecule has 0 unspecified atom stereocenters. The maximum atomic E-state index is 5.83. The first-order valence-electron chi connectivity index (χ1n) is 5.03. The minimum atomic E-state index is 0.0382. The van der Waals surface area contributed by atoms with Crippen LogP contribution in [0.25, 0.3) is 0 Å². The van der Waals surface area contributed by atoms with Crippen LogP contribution in [0.3, 0.4) is 0 Å². The van der Waals surface area contributed by atoms with E-state index in [0.717, 1.165) is 15.5 Å². The smallest absolute Gasteiger partial charge is 0.101 e. The molecule has 2 rings (SSSR count). The van der Waals surface area contributed by atoms with Crippen molar-refractivity contribution in [2.24, 2.45) is 12.8 Å². The molecule has 0 amide bonds. The Morgan fingerprint density at radius 3 is 2.94 bits per heavy atom. The summed E-state index contributed by atoms with van der Waals surface area (Å²) >= 11 is 1.59. The van der Waals surface area contributed by atoms with Crippen LogP contribution in [0, 0.1) is 0 Å². The predicted molar refractivity (Wildman–Crippen MR) is 64.2 cm³/mol. The molecular weight excluding hydrogens is 220 g/mol. The van der Waals surface area contributed by atoms with Crippen LogP contribution in [0.2, 0.25) is 0 Å². The van der Waals surface area contributed by atoms with Crippen molar-refractivity contribution >= 4 is 11.8 Å². The van der Waals surface area contributed by atoms with Crippen LogP contribution >= 0.6 is 11.8 Å². The van der Waals surface area contributed by atoms with Crippen LogP contribution in [0.5, 0.6) is 0 Å². The van der Waals surface area contributed by atoms with Crippen molar-refractivity contribution in [3.63, 3.8) is 0 Å². The van der Waals surface area contributed by atoms with E-state index in [2.05, 4.69) is 10.1 Å². The van der Waals surface area contributed by atoms with Crippen LogP contribution in [0.1, 0.15) is 18.5 Å². The van der Waals surface area contributed by atoms with E-state index >= 15 is 0 Å². The van der Waals surface area contributed by atoms with Gasteiger partial charge in [-0.3, -0.25) is 4.68 Å². The van der Waals surface area contributed by atoms with Crippen LogP contribution in [-0.4, -0.2) is 14.8 Å². The molecule has 0 aliphatic rings. The Hall–Kier alpha value is -1.33. The van der Waals surface area contributed by atoms with E-state index < -0.39 is 0 Å². The average molecular weight is 234 g/mol. The van der Waals surface area contributed by atoms with Crippen molar-refractivity contribution in [1.82, 2.24) is 14.8 Å². The van der Waals surface area contributed by atoms with Gasteiger partial charge in [0, 0.05) is 25.5 Å². The van der Waals surface area contributed by atoms with Gasteiger partial charge in [0.2, 0.25) is 0 Å². The molecule has 2 heterocycles.